The summed E-state index contributed by atoms with van der Waals surface area (Å²) in [6.45, 7) is 10.7. The highest BCUT2D eigenvalue weighted by Crippen LogP contribution is 2.31. The highest BCUT2D eigenvalue weighted by Gasteiger charge is 2.42. The lowest BCUT2D eigenvalue weighted by Crippen LogP contribution is -2.47. The highest BCUT2D eigenvalue weighted by atomic mass is 32.1. The number of rotatable bonds is 2. The molecule has 0 aromatic carbocycles. The number of thiazole rings is 1. The number of hydrogen-bond acceptors (Lipinski definition) is 8. The Bertz CT molecular complexity index is 874. The quantitative estimate of drug-likeness (QED) is 0.490. The Morgan fingerprint density at radius 2 is 1.94 bits per heavy atom. The molecule has 1 unspecified atom stereocenters. The highest BCUT2D eigenvalue weighted by molar-refractivity contribution is 7.09. The van der Waals surface area contributed by atoms with E-state index in [4.69, 9.17) is 9.47 Å². The van der Waals surface area contributed by atoms with E-state index in [1.807, 2.05) is 37.5 Å². The van der Waals surface area contributed by atoms with Crippen molar-refractivity contribution < 1.29 is 29.3 Å². The summed E-state index contributed by atoms with van der Waals surface area (Å²) in [6.07, 6.45) is 3.21. The summed E-state index contributed by atoms with van der Waals surface area (Å²) in [4.78, 5) is 30.2. The van der Waals surface area contributed by atoms with E-state index >= 15 is 0 Å². The first kappa shape index (κ1) is 27.4. The number of ether oxygens (including phenoxy) is 2. The molecule has 1 aromatic rings. The molecule has 1 aliphatic heterocycles. The molecule has 0 fully saturated rings. The number of aliphatic hydroxyl groups is 2. The van der Waals surface area contributed by atoms with Crippen molar-refractivity contribution in [2.75, 3.05) is 6.61 Å². The number of aliphatic hydroxyl groups excluding tert-OH is 2. The second-order valence-corrected chi connectivity index (χ2v) is 10.4. The van der Waals surface area contributed by atoms with Gasteiger partial charge >= 0.3 is 5.97 Å². The summed E-state index contributed by atoms with van der Waals surface area (Å²) < 4.78 is 11.4. The van der Waals surface area contributed by atoms with Gasteiger partial charge in [0, 0.05) is 17.7 Å². The van der Waals surface area contributed by atoms with Crippen molar-refractivity contribution in [1.82, 2.24) is 4.98 Å². The van der Waals surface area contributed by atoms with Crippen molar-refractivity contribution in [2.24, 2.45) is 11.3 Å². The fourth-order valence-electron chi connectivity index (χ4n) is 3.79. The Morgan fingerprint density at radius 1 is 1.24 bits per heavy atom. The van der Waals surface area contributed by atoms with Gasteiger partial charge in [-0.15, -0.1) is 11.3 Å². The molecular weight excluding hydrogens is 442 g/mol. The van der Waals surface area contributed by atoms with Crippen LogP contribution >= 0.6 is 11.3 Å². The molecule has 8 heteroatoms. The van der Waals surface area contributed by atoms with Crippen LogP contribution < -0.4 is 0 Å². The molecule has 0 radical (unpaired) electrons. The number of esters is 1. The van der Waals surface area contributed by atoms with Crippen LogP contribution in [-0.2, 0) is 19.1 Å². The molecule has 0 saturated heterocycles. The summed E-state index contributed by atoms with van der Waals surface area (Å²) in [6, 6.07) is 0. The number of ketones is 1. The molecular formula is C25H37NO6S. The molecule has 184 valence electrons. The Kier molecular flexibility index (Phi) is 9.97. The van der Waals surface area contributed by atoms with Crippen LogP contribution in [0.1, 0.15) is 64.6 Å². The number of hydrogen-bond donors (Lipinski definition) is 2. The van der Waals surface area contributed by atoms with E-state index < -0.39 is 41.7 Å². The van der Waals surface area contributed by atoms with Gasteiger partial charge < -0.3 is 19.7 Å². The van der Waals surface area contributed by atoms with Crippen molar-refractivity contribution in [1.29, 1.82) is 0 Å². The van der Waals surface area contributed by atoms with Crippen LogP contribution in [0.4, 0.5) is 0 Å². The van der Waals surface area contributed by atoms with Gasteiger partial charge in [0.05, 0.1) is 47.5 Å². The minimum atomic E-state index is -1.25. The van der Waals surface area contributed by atoms with Gasteiger partial charge in [-0.25, -0.2) is 4.98 Å². The minimum Gasteiger partial charge on any atom is -0.457 e. The van der Waals surface area contributed by atoms with E-state index in [1.54, 1.807) is 39.0 Å². The lowest BCUT2D eigenvalue weighted by molar-refractivity contribution is -0.154. The second kappa shape index (κ2) is 12.0. The Morgan fingerprint density at radius 3 is 2.58 bits per heavy atom. The lowest BCUT2D eigenvalue weighted by Gasteiger charge is -2.34. The smallest absolute Gasteiger partial charge is 0.309 e. The van der Waals surface area contributed by atoms with Gasteiger partial charge in [0.1, 0.15) is 11.9 Å². The lowest BCUT2D eigenvalue weighted by atomic mass is 9.74. The molecule has 0 aliphatic carbocycles. The first-order valence-corrected chi connectivity index (χ1v) is 12.3. The van der Waals surface area contributed by atoms with Gasteiger partial charge in [0.25, 0.3) is 0 Å². The van der Waals surface area contributed by atoms with E-state index in [2.05, 4.69) is 4.98 Å². The minimum absolute atomic E-state index is 0.323. The van der Waals surface area contributed by atoms with Crippen LogP contribution in [0.15, 0.2) is 23.1 Å². The zero-order valence-electron chi connectivity index (χ0n) is 20.4. The van der Waals surface area contributed by atoms with Crippen molar-refractivity contribution in [3.8, 4) is 0 Å². The predicted octanol–water partition coefficient (Wildman–Crippen LogP) is 3.87. The molecule has 33 heavy (non-hydrogen) atoms. The third-order valence-corrected chi connectivity index (χ3v) is 7.00. The first-order chi connectivity index (χ1) is 15.4. The molecule has 1 aliphatic rings. The zero-order valence-corrected chi connectivity index (χ0v) is 21.2. The van der Waals surface area contributed by atoms with Gasteiger partial charge in [0.15, 0.2) is 0 Å². The van der Waals surface area contributed by atoms with E-state index in [0.29, 0.717) is 19.4 Å². The summed E-state index contributed by atoms with van der Waals surface area (Å²) in [5.74, 6) is -1.67. The van der Waals surface area contributed by atoms with E-state index in [0.717, 1.165) is 16.3 Å². The average molecular weight is 480 g/mol. The van der Waals surface area contributed by atoms with Crippen LogP contribution in [0.2, 0.25) is 0 Å². The van der Waals surface area contributed by atoms with Crippen molar-refractivity contribution in [2.45, 2.75) is 85.2 Å². The fraction of sp³-hybridized carbons (Fsp3) is 0.640. The number of Topliss-reactive ketones (excluding diaryl/α,β-unsaturated/α-hetero) is 1. The van der Waals surface area contributed by atoms with Gasteiger partial charge in [-0.05, 0) is 38.8 Å². The molecule has 2 rings (SSSR count). The number of cyclic esters (lactones) is 1. The third kappa shape index (κ3) is 7.57. The van der Waals surface area contributed by atoms with Crippen LogP contribution in [0.25, 0.3) is 6.08 Å². The maximum atomic E-state index is 13.1. The molecule has 1 aromatic heterocycles. The van der Waals surface area contributed by atoms with Gasteiger partial charge in [0.2, 0.25) is 0 Å². The summed E-state index contributed by atoms with van der Waals surface area (Å²) in [5.41, 5.74) is 0.406. The molecule has 0 spiro atoms. The van der Waals surface area contributed by atoms with E-state index in [-0.39, 0.29) is 12.2 Å². The maximum Gasteiger partial charge on any atom is 0.309 e. The Labute approximate surface area is 200 Å². The number of aromatic nitrogens is 1. The summed E-state index contributed by atoms with van der Waals surface area (Å²) in [7, 11) is 0. The van der Waals surface area contributed by atoms with Crippen LogP contribution in [0.3, 0.4) is 0 Å². The van der Waals surface area contributed by atoms with Crippen LogP contribution in [0, 0.1) is 18.3 Å². The molecule has 7 nitrogen and oxygen atoms in total. The molecule has 0 saturated carbocycles. The molecule has 2 N–H and O–H groups in total. The van der Waals surface area contributed by atoms with Crippen molar-refractivity contribution >= 4 is 29.2 Å². The zero-order chi connectivity index (χ0) is 24.8. The first-order valence-electron chi connectivity index (χ1n) is 11.4. The average Bonchev–Trinajstić information content (AvgIpc) is 3.16. The predicted molar refractivity (Wildman–Crippen MR) is 129 cm³/mol. The number of aryl methyl sites for hydroxylation is 1. The second-order valence-electron chi connectivity index (χ2n) is 9.32. The van der Waals surface area contributed by atoms with Crippen LogP contribution in [-0.4, -0.2) is 58.0 Å². The largest absolute Gasteiger partial charge is 0.457 e. The maximum absolute atomic E-state index is 13.1. The molecule has 2 heterocycles. The number of carbonyl (C=O) groups excluding carboxylic acids is 2. The van der Waals surface area contributed by atoms with Crippen molar-refractivity contribution in [3.63, 3.8) is 0 Å². The van der Waals surface area contributed by atoms with Gasteiger partial charge in [-0.3, -0.25) is 9.59 Å². The molecule has 5 atom stereocenters. The van der Waals surface area contributed by atoms with E-state index in [9.17, 15) is 19.8 Å². The summed E-state index contributed by atoms with van der Waals surface area (Å²) >= 11 is 1.55. The standard InChI is InChI=1S/C25H37NO6S/c1-15(12-19-14-33-18(4)26-19)20-10-8-7-9-11-31-17(3)23(29)16(2)24(30)25(5,6)21(27)13-22(28)32-20/h7-8,12,14,16-17,20-21,23,27,29H,9-11,13H2,1-6H3/b8-7+,15-12+/t16-,17+,20?,21+,23+/m1/s1. The van der Waals surface area contributed by atoms with Crippen LogP contribution in [0.5, 0.6) is 0 Å². The third-order valence-electron chi connectivity index (χ3n) is 6.21. The van der Waals surface area contributed by atoms with Gasteiger partial charge in [-0.2, -0.15) is 0 Å². The monoisotopic (exact) mass is 479 g/mol. The van der Waals surface area contributed by atoms with Gasteiger partial charge in [-0.1, -0.05) is 32.9 Å². The fourth-order valence-corrected chi connectivity index (χ4v) is 4.36. The molecule has 0 bridgehead atoms. The molecule has 0 amide bonds. The van der Waals surface area contributed by atoms with Crippen molar-refractivity contribution in [3.05, 3.63) is 33.8 Å². The SMILES string of the molecule is C/C(=C\c1csc(C)n1)C1C/C=C/CCO[C@@H](C)[C@@H](O)[C@@H](C)C(=O)C(C)(C)[C@@H](O)CC(=O)O1. The van der Waals surface area contributed by atoms with E-state index in [1.165, 1.54) is 0 Å². The topological polar surface area (TPSA) is 106 Å². The Hall–Kier alpha value is -1.87. The number of nitrogens with zero attached hydrogens (tertiary/aromatic N) is 1. The number of carbonyl (C=O) groups is 2. The Balaban J connectivity index is 2.27. The summed E-state index contributed by atoms with van der Waals surface area (Å²) in [5, 5.41) is 24.2. The normalized spacial score (nSPS) is 31.8.